The fourth-order valence-electron chi connectivity index (χ4n) is 5.07. The van der Waals surface area contributed by atoms with Gasteiger partial charge in [0.05, 0.1) is 11.3 Å². The normalized spacial score (nSPS) is 22.5. The highest BCUT2D eigenvalue weighted by Gasteiger charge is 2.44. The molecule has 31 heavy (non-hydrogen) atoms. The summed E-state index contributed by atoms with van der Waals surface area (Å²) in [6.45, 7) is 4.15. The van der Waals surface area contributed by atoms with E-state index in [4.69, 9.17) is 0 Å². The maximum absolute atomic E-state index is 12.6. The summed E-state index contributed by atoms with van der Waals surface area (Å²) >= 11 is 0. The first-order valence-electron chi connectivity index (χ1n) is 10.6. The first kappa shape index (κ1) is 19.4. The summed E-state index contributed by atoms with van der Waals surface area (Å²) in [5.74, 6) is 1.25. The SMILES string of the molecule is CCn1cnc(NC(=O)N2C[C@H]3CC(N(C)c4c(C#N)cnc5[nH]ccc45)C[C@H]3C2)n1. The van der Waals surface area contributed by atoms with Gasteiger partial charge in [0.2, 0.25) is 5.95 Å². The van der Waals surface area contributed by atoms with Crippen molar-refractivity contribution in [1.82, 2.24) is 29.6 Å². The number of anilines is 2. The van der Waals surface area contributed by atoms with E-state index in [0.717, 1.165) is 42.7 Å². The number of likely N-dealkylation sites (tertiary alicyclic amines) is 1. The summed E-state index contributed by atoms with van der Waals surface area (Å²) in [7, 11) is 2.06. The molecule has 10 heteroatoms. The number of H-pyrrole nitrogens is 1. The number of aromatic amines is 1. The molecule has 3 aromatic rings. The van der Waals surface area contributed by atoms with E-state index in [1.165, 1.54) is 0 Å². The van der Waals surface area contributed by atoms with Gasteiger partial charge in [-0.05, 0) is 37.7 Å². The maximum atomic E-state index is 12.6. The zero-order chi connectivity index (χ0) is 21.5. The van der Waals surface area contributed by atoms with E-state index in [2.05, 4.69) is 43.4 Å². The molecule has 5 rings (SSSR count). The third-order valence-corrected chi connectivity index (χ3v) is 6.67. The number of fused-ring (bicyclic) bond motifs is 2. The Kier molecular flexibility index (Phi) is 4.73. The average Bonchev–Trinajstić information content (AvgIpc) is 3.54. The van der Waals surface area contributed by atoms with Gasteiger partial charge in [0, 0.05) is 50.5 Å². The van der Waals surface area contributed by atoms with Gasteiger partial charge >= 0.3 is 6.03 Å². The lowest BCUT2D eigenvalue weighted by Gasteiger charge is -2.29. The Bertz CT molecular complexity index is 1150. The standard InChI is InChI=1S/C21H25N9O/c1-3-30-12-25-20(27-30)26-21(31)29-10-13-6-16(7-14(13)11-29)28(2)18-15(8-22)9-24-19-17(18)4-5-23-19/h4-5,9,12-14,16H,3,6-7,10-11H2,1-2H3,(H,23,24)(H,26,27,31)/t13-,14+,16?. The van der Waals surface area contributed by atoms with Gasteiger partial charge in [0.25, 0.3) is 0 Å². The molecule has 2 fully saturated rings. The number of nitriles is 1. The summed E-state index contributed by atoms with van der Waals surface area (Å²) in [5, 5.41) is 17.6. The molecule has 2 N–H and O–H groups in total. The number of nitrogens with zero attached hydrogens (tertiary/aromatic N) is 7. The van der Waals surface area contributed by atoms with Gasteiger partial charge in [0.1, 0.15) is 18.0 Å². The van der Waals surface area contributed by atoms with Crippen LogP contribution in [0.1, 0.15) is 25.3 Å². The lowest BCUT2D eigenvalue weighted by atomic mass is 10.0. The summed E-state index contributed by atoms with van der Waals surface area (Å²) in [6, 6.07) is 4.46. The second-order valence-electron chi connectivity index (χ2n) is 8.39. The molecular weight excluding hydrogens is 394 g/mol. The predicted octanol–water partition coefficient (Wildman–Crippen LogP) is 2.42. The third-order valence-electron chi connectivity index (χ3n) is 6.67. The molecule has 0 spiro atoms. The first-order valence-corrected chi connectivity index (χ1v) is 10.6. The number of hydrogen-bond donors (Lipinski definition) is 2. The number of amides is 2. The van der Waals surface area contributed by atoms with E-state index < -0.39 is 0 Å². The van der Waals surface area contributed by atoms with Gasteiger partial charge in [-0.3, -0.25) is 10.00 Å². The summed E-state index contributed by atoms with van der Waals surface area (Å²) < 4.78 is 1.69. The number of aromatic nitrogens is 5. The van der Waals surface area contributed by atoms with Crippen LogP contribution in [0.3, 0.4) is 0 Å². The molecule has 3 atom stereocenters. The molecule has 10 nitrogen and oxygen atoms in total. The smallest absolute Gasteiger partial charge is 0.324 e. The number of pyridine rings is 1. The van der Waals surface area contributed by atoms with Crippen LogP contribution in [-0.2, 0) is 6.54 Å². The summed E-state index contributed by atoms with van der Waals surface area (Å²) in [6.07, 6.45) is 7.10. The zero-order valence-corrected chi connectivity index (χ0v) is 17.6. The molecule has 1 aliphatic carbocycles. The lowest BCUT2D eigenvalue weighted by molar-refractivity contribution is 0.218. The van der Waals surface area contributed by atoms with Crippen LogP contribution in [0.15, 0.2) is 24.8 Å². The van der Waals surface area contributed by atoms with Crippen molar-refractivity contribution in [2.45, 2.75) is 32.4 Å². The molecule has 1 unspecified atom stereocenters. The number of rotatable bonds is 4. The minimum Gasteiger partial charge on any atom is -0.370 e. The Labute approximate surface area is 179 Å². The van der Waals surface area contributed by atoms with Gasteiger partial charge in [-0.25, -0.2) is 14.8 Å². The Balaban J connectivity index is 1.26. The van der Waals surface area contributed by atoms with Crippen molar-refractivity contribution >= 4 is 28.7 Å². The Morgan fingerprint density at radius 3 is 2.81 bits per heavy atom. The number of carbonyl (C=O) groups excluding carboxylic acids is 1. The van der Waals surface area contributed by atoms with Crippen molar-refractivity contribution in [1.29, 1.82) is 5.26 Å². The topological polar surface area (TPSA) is 119 Å². The van der Waals surface area contributed by atoms with Crippen LogP contribution in [0.25, 0.3) is 11.0 Å². The van der Waals surface area contributed by atoms with Crippen molar-refractivity contribution < 1.29 is 4.79 Å². The second kappa shape index (κ2) is 7.58. The highest BCUT2D eigenvalue weighted by atomic mass is 16.2. The molecule has 0 aromatic carbocycles. The van der Waals surface area contributed by atoms with Crippen molar-refractivity contribution in [3.63, 3.8) is 0 Å². The first-order chi connectivity index (χ1) is 15.1. The fourth-order valence-corrected chi connectivity index (χ4v) is 5.07. The van der Waals surface area contributed by atoms with Gasteiger partial charge < -0.3 is 14.8 Å². The van der Waals surface area contributed by atoms with E-state index in [1.54, 1.807) is 17.2 Å². The predicted molar refractivity (Wildman–Crippen MR) is 116 cm³/mol. The number of urea groups is 1. The average molecular weight is 419 g/mol. The Morgan fingerprint density at radius 2 is 2.13 bits per heavy atom. The highest BCUT2D eigenvalue weighted by molar-refractivity contribution is 5.93. The molecule has 3 aromatic heterocycles. The Morgan fingerprint density at radius 1 is 1.35 bits per heavy atom. The second-order valence-corrected chi connectivity index (χ2v) is 8.39. The number of nitrogens with one attached hydrogen (secondary N) is 2. The molecule has 0 radical (unpaired) electrons. The fraction of sp³-hybridized carbons (Fsp3) is 0.476. The largest absolute Gasteiger partial charge is 0.370 e. The summed E-state index contributed by atoms with van der Waals surface area (Å²) in [4.78, 5) is 28.4. The van der Waals surface area contributed by atoms with E-state index in [1.807, 2.05) is 24.1 Å². The monoisotopic (exact) mass is 419 g/mol. The lowest BCUT2D eigenvalue weighted by Crippen LogP contribution is -2.36. The van der Waals surface area contributed by atoms with Crippen LogP contribution in [-0.4, -0.2) is 61.8 Å². The number of aryl methyl sites for hydroxylation is 1. The van der Waals surface area contributed by atoms with Gasteiger partial charge in [0.15, 0.2) is 0 Å². The molecule has 0 bridgehead atoms. The molecule has 160 valence electrons. The van der Waals surface area contributed by atoms with Crippen LogP contribution < -0.4 is 10.2 Å². The molecule has 1 saturated heterocycles. The molecule has 1 aliphatic heterocycles. The van der Waals surface area contributed by atoms with Gasteiger partial charge in [-0.1, -0.05) is 0 Å². The quantitative estimate of drug-likeness (QED) is 0.670. The molecule has 1 saturated carbocycles. The van der Waals surface area contributed by atoms with Crippen molar-refractivity contribution in [2.75, 3.05) is 30.4 Å². The van der Waals surface area contributed by atoms with Crippen LogP contribution in [0.2, 0.25) is 0 Å². The molecule has 2 amide bonds. The highest BCUT2D eigenvalue weighted by Crippen LogP contribution is 2.42. The molecular formula is C21H25N9O. The van der Waals surface area contributed by atoms with Crippen LogP contribution in [0.4, 0.5) is 16.4 Å². The van der Waals surface area contributed by atoms with Crippen LogP contribution >= 0.6 is 0 Å². The number of carbonyl (C=O) groups is 1. The van der Waals surface area contributed by atoms with Crippen molar-refractivity contribution in [2.24, 2.45) is 11.8 Å². The van der Waals surface area contributed by atoms with Crippen LogP contribution in [0.5, 0.6) is 0 Å². The van der Waals surface area contributed by atoms with Crippen molar-refractivity contribution in [3.8, 4) is 6.07 Å². The van der Waals surface area contributed by atoms with Crippen LogP contribution in [0, 0.1) is 23.2 Å². The van der Waals surface area contributed by atoms with E-state index >= 15 is 0 Å². The van der Waals surface area contributed by atoms with Crippen molar-refractivity contribution in [3.05, 3.63) is 30.4 Å². The van der Waals surface area contributed by atoms with E-state index in [9.17, 15) is 10.1 Å². The third kappa shape index (κ3) is 3.36. The molecule has 4 heterocycles. The van der Waals surface area contributed by atoms with Gasteiger partial charge in [-0.2, -0.15) is 5.26 Å². The van der Waals surface area contributed by atoms with Gasteiger partial charge in [-0.15, -0.1) is 5.10 Å². The minimum atomic E-state index is -0.136. The number of hydrogen-bond acceptors (Lipinski definition) is 6. The molecule has 2 aliphatic rings. The van der Waals surface area contributed by atoms with E-state index in [0.29, 0.717) is 35.9 Å². The zero-order valence-electron chi connectivity index (χ0n) is 17.6. The van der Waals surface area contributed by atoms with E-state index in [-0.39, 0.29) is 6.03 Å². The summed E-state index contributed by atoms with van der Waals surface area (Å²) in [5.41, 5.74) is 2.32. The Hall–Kier alpha value is -3.61. The maximum Gasteiger partial charge on any atom is 0.324 e. The minimum absolute atomic E-state index is 0.136.